The lowest BCUT2D eigenvalue weighted by Crippen LogP contribution is -1.99. The molecule has 11 heavy (non-hydrogen) atoms. The maximum absolute atomic E-state index is 4.04. The van der Waals surface area contributed by atoms with Crippen LogP contribution in [0.25, 0.3) is 0 Å². The van der Waals surface area contributed by atoms with E-state index in [1.54, 1.807) is 0 Å². The van der Waals surface area contributed by atoms with Gasteiger partial charge in [0.1, 0.15) is 0 Å². The van der Waals surface area contributed by atoms with Crippen molar-refractivity contribution >= 4 is 0 Å². The van der Waals surface area contributed by atoms with Crippen molar-refractivity contribution < 1.29 is 0 Å². The van der Waals surface area contributed by atoms with E-state index < -0.39 is 0 Å². The van der Waals surface area contributed by atoms with Gasteiger partial charge in [0.05, 0.1) is 0 Å². The summed E-state index contributed by atoms with van der Waals surface area (Å²) in [4.78, 5) is 0. The topological polar surface area (TPSA) is 0 Å². The monoisotopic (exact) mass is 148 g/mol. The summed E-state index contributed by atoms with van der Waals surface area (Å²) in [6.07, 6.45) is 3.68. The molecule has 1 rings (SSSR count). The lowest BCUT2D eigenvalue weighted by molar-refractivity contribution is 0.733. The van der Waals surface area contributed by atoms with Crippen LogP contribution in [0.1, 0.15) is 26.2 Å². The van der Waals surface area contributed by atoms with Crippen LogP contribution in [0.2, 0.25) is 0 Å². The summed E-state index contributed by atoms with van der Waals surface area (Å²) in [7, 11) is 0. The van der Waals surface area contributed by atoms with Crippen LogP contribution in [0.4, 0.5) is 0 Å². The average Bonchev–Trinajstić information content (AvgIpc) is 2.33. The molecule has 0 aliphatic heterocycles. The molecular formula is C11H16. The third kappa shape index (κ3) is 1.62. The molecule has 0 bridgehead atoms. The van der Waals surface area contributed by atoms with Crippen molar-refractivity contribution in [2.45, 2.75) is 26.2 Å². The Morgan fingerprint density at radius 3 is 2.45 bits per heavy atom. The summed E-state index contributed by atoms with van der Waals surface area (Å²) < 4.78 is 0. The molecule has 0 heteroatoms. The van der Waals surface area contributed by atoms with E-state index in [4.69, 9.17) is 0 Å². The SMILES string of the molecule is C=C(C)C(=C)C1CCCC1=C. The largest absolute Gasteiger partial charge is 0.0992 e. The Kier molecular flexibility index (Phi) is 2.33. The first-order valence-electron chi connectivity index (χ1n) is 4.15. The van der Waals surface area contributed by atoms with Crippen LogP contribution in [-0.4, -0.2) is 0 Å². The minimum Gasteiger partial charge on any atom is -0.0992 e. The Bertz CT molecular complexity index is 208. The molecule has 0 aromatic heterocycles. The van der Waals surface area contributed by atoms with Crippen LogP contribution < -0.4 is 0 Å². The first kappa shape index (κ1) is 8.32. The third-order valence-corrected chi connectivity index (χ3v) is 2.45. The summed E-state index contributed by atoms with van der Waals surface area (Å²) in [5, 5.41) is 0. The minimum atomic E-state index is 0.535. The molecular weight excluding hydrogens is 132 g/mol. The summed E-state index contributed by atoms with van der Waals surface area (Å²) in [6, 6.07) is 0. The molecule has 1 saturated carbocycles. The highest BCUT2D eigenvalue weighted by molar-refractivity contribution is 5.33. The van der Waals surface area contributed by atoms with Crippen LogP contribution in [0, 0.1) is 5.92 Å². The lowest BCUT2D eigenvalue weighted by atomic mass is 9.91. The van der Waals surface area contributed by atoms with Crippen molar-refractivity contribution in [1.29, 1.82) is 0 Å². The Hall–Kier alpha value is -0.780. The van der Waals surface area contributed by atoms with Crippen LogP contribution in [-0.2, 0) is 0 Å². The second-order valence-corrected chi connectivity index (χ2v) is 3.41. The summed E-state index contributed by atoms with van der Waals surface area (Å²) in [5.41, 5.74) is 3.64. The van der Waals surface area contributed by atoms with Crippen LogP contribution >= 0.6 is 0 Å². The zero-order valence-corrected chi connectivity index (χ0v) is 7.32. The standard InChI is InChI=1S/C11H16/c1-8(2)10(4)11-7-5-6-9(11)3/h11H,1,3-7H2,2H3. The van der Waals surface area contributed by atoms with Gasteiger partial charge in [-0.25, -0.2) is 0 Å². The molecule has 1 aliphatic rings. The number of rotatable bonds is 2. The van der Waals surface area contributed by atoms with E-state index in [1.807, 2.05) is 6.92 Å². The smallest absolute Gasteiger partial charge is 0.00421 e. The molecule has 0 heterocycles. The minimum absolute atomic E-state index is 0.535. The van der Waals surface area contributed by atoms with Crippen molar-refractivity contribution in [3.05, 3.63) is 36.5 Å². The predicted molar refractivity (Wildman–Crippen MR) is 50.4 cm³/mol. The Balaban J connectivity index is 2.67. The van der Waals surface area contributed by atoms with Crippen molar-refractivity contribution in [1.82, 2.24) is 0 Å². The quantitative estimate of drug-likeness (QED) is 0.415. The molecule has 1 unspecified atom stereocenters. The Morgan fingerprint density at radius 1 is 1.45 bits per heavy atom. The van der Waals surface area contributed by atoms with E-state index in [1.165, 1.54) is 30.4 Å². The van der Waals surface area contributed by atoms with Crippen LogP contribution in [0.15, 0.2) is 36.5 Å². The van der Waals surface area contributed by atoms with Gasteiger partial charge in [-0.1, -0.05) is 30.9 Å². The molecule has 1 atom stereocenters. The van der Waals surface area contributed by atoms with E-state index in [9.17, 15) is 0 Å². The van der Waals surface area contributed by atoms with Gasteiger partial charge in [-0.2, -0.15) is 0 Å². The van der Waals surface area contributed by atoms with E-state index in [0.717, 1.165) is 5.57 Å². The highest BCUT2D eigenvalue weighted by Gasteiger charge is 2.21. The molecule has 1 aliphatic carbocycles. The van der Waals surface area contributed by atoms with Crippen molar-refractivity contribution in [2.24, 2.45) is 5.92 Å². The molecule has 0 spiro atoms. The Labute approximate surface area is 69.3 Å². The van der Waals surface area contributed by atoms with E-state index >= 15 is 0 Å². The van der Waals surface area contributed by atoms with Crippen LogP contribution in [0.3, 0.4) is 0 Å². The van der Waals surface area contributed by atoms with E-state index in [0.29, 0.717) is 5.92 Å². The first-order chi connectivity index (χ1) is 5.13. The molecule has 0 amide bonds. The second-order valence-electron chi connectivity index (χ2n) is 3.41. The third-order valence-electron chi connectivity index (χ3n) is 2.45. The molecule has 0 aromatic carbocycles. The number of hydrogen-bond acceptors (Lipinski definition) is 0. The zero-order valence-electron chi connectivity index (χ0n) is 7.32. The van der Waals surface area contributed by atoms with Crippen molar-refractivity contribution in [3.8, 4) is 0 Å². The van der Waals surface area contributed by atoms with Crippen molar-refractivity contribution in [3.63, 3.8) is 0 Å². The van der Waals surface area contributed by atoms with Gasteiger partial charge in [-0.05, 0) is 31.8 Å². The lowest BCUT2D eigenvalue weighted by Gasteiger charge is -2.13. The fourth-order valence-corrected chi connectivity index (χ4v) is 1.63. The fourth-order valence-electron chi connectivity index (χ4n) is 1.63. The zero-order chi connectivity index (χ0) is 8.43. The highest BCUT2D eigenvalue weighted by atomic mass is 14.3. The van der Waals surface area contributed by atoms with Gasteiger partial charge in [0.25, 0.3) is 0 Å². The maximum atomic E-state index is 4.04. The predicted octanol–water partition coefficient (Wildman–Crippen LogP) is 3.48. The van der Waals surface area contributed by atoms with Gasteiger partial charge in [0.2, 0.25) is 0 Å². The van der Waals surface area contributed by atoms with Gasteiger partial charge in [0, 0.05) is 5.92 Å². The molecule has 1 fully saturated rings. The highest BCUT2D eigenvalue weighted by Crippen LogP contribution is 2.36. The average molecular weight is 148 g/mol. The molecule has 60 valence electrons. The summed E-state index contributed by atoms with van der Waals surface area (Å²) in [6.45, 7) is 14.0. The van der Waals surface area contributed by atoms with Crippen LogP contribution in [0.5, 0.6) is 0 Å². The second kappa shape index (κ2) is 3.08. The summed E-state index contributed by atoms with van der Waals surface area (Å²) >= 11 is 0. The molecule has 0 nitrogen and oxygen atoms in total. The molecule has 0 N–H and O–H groups in total. The van der Waals surface area contributed by atoms with Gasteiger partial charge in [0.15, 0.2) is 0 Å². The normalized spacial score (nSPS) is 23.7. The molecule has 0 aromatic rings. The fraction of sp³-hybridized carbons (Fsp3) is 0.455. The van der Waals surface area contributed by atoms with Gasteiger partial charge in [-0.15, -0.1) is 0 Å². The molecule has 0 radical (unpaired) electrons. The number of allylic oxidation sites excluding steroid dienone is 3. The van der Waals surface area contributed by atoms with Gasteiger partial charge >= 0.3 is 0 Å². The molecule has 0 saturated heterocycles. The van der Waals surface area contributed by atoms with E-state index in [-0.39, 0.29) is 0 Å². The summed E-state index contributed by atoms with van der Waals surface area (Å²) in [5.74, 6) is 0.535. The van der Waals surface area contributed by atoms with Gasteiger partial charge in [-0.3, -0.25) is 0 Å². The van der Waals surface area contributed by atoms with Crippen molar-refractivity contribution in [2.75, 3.05) is 0 Å². The number of hydrogen-bond donors (Lipinski definition) is 0. The Morgan fingerprint density at radius 2 is 2.09 bits per heavy atom. The first-order valence-corrected chi connectivity index (χ1v) is 4.15. The maximum Gasteiger partial charge on any atom is 0.00421 e. The van der Waals surface area contributed by atoms with Gasteiger partial charge < -0.3 is 0 Å². The van der Waals surface area contributed by atoms with E-state index in [2.05, 4.69) is 19.7 Å².